The molecule has 0 radical (unpaired) electrons. The van der Waals surface area contributed by atoms with Gasteiger partial charge in [0.1, 0.15) is 35.5 Å². The van der Waals surface area contributed by atoms with Crippen molar-refractivity contribution in [3.05, 3.63) is 41.5 Å². The van der Waals surface area contributed by atoms with Gasteiger partial charge in [-0.2, -0.15) is 18.3 Å². The fourth-order valence-electron chi connectivity index (χ4n) is 8.60. The van der Waals surface area contributed by atoms with Gasteiger partial charge in [0.2, 0.25) is 11.8 Å². The molecule has 13 nitrogen and oxygen atoms in total. The standard InChI is InChI=1S/C36H44F4N6O7/c37-24-13-23-27(45-16-29(36(38,39)40)52-19-30(45)48)15-35(6-9-44(10-7-35)22-17-51-18-22)53-28(23)14-25(24)42-34(50)32(31(20-1-2-20)21-3-4-21)43-33(49)26-5-8-41-46(26)11-12-47/h5,8,13-14,20-22,27,29,31-32,47H,1-4,6-7,9-12,15-19H2,(H,42,50)(H,43,49)/t27?,29?,32-/m0/s1. The number of hydrogen-bond acceptors (Lipinski definition) is 9. The van der Waals surface area contributed by atoms with Gasteiger partial charge in [-0.3, -0.25) is 24.0 Å². The van der Waals surface area contributed by atoms with Crippen LogP contribution in [0.15, 0.2) is 24.4 Å². The molecule has 4 aliphatic heterocycles. The number of amides is 3. The van der Waals surface area contributed by atoms with Crippen LogP contribution in [-0.4, -0.2) is 118 Å². The molecule has 5 heterocycles. The summed E-state index contributed by atoms with van der Waals surface area (Å²) in [4.78, 5) is 44.3. The number of likely N-dealkylation sites (tertiary alicyclic amines) is 1. The van der Waals surface area contributed by atoms with Crippen LogP contribution in [-0.2, 0) is 25.6 Å². The van der Waals surface area contributed by atoms with Gasteiger partial charge >= 0.3 is 6.18 Å². The molecule has 2 aliphatic carbocycles. The van der Waals surface area contributed by atoms with E-state index in [-0.39, 0.29) is 66.1 Å². The molecule has 288 valence electrons. The Bertz CT molecular complexity index is 1710. The summed E-state index contributed by atoms with van der Waals surface area (Å²) in [5, 5.41) is 19.1. The first kappa shape index (κ1) is 36.2. The third-order valence-electron chi connectivity index (χ3n) is 11.8. The van der Waals surface area contributed by atoms with Crippen LogP contribution in [0.4, 0.5) is 23.2 Å². The van der Waals surface area contributed by atoms with Crippen molar-refractivity contribution >= 4 is 23.4 Å². The zero-order chi connectivity index (χ0) is 37.1. The van der Waals surface area contributed by atoms with Gasteiger partial charge in [-0.1, -0.05) is 0 Å². The Morgan fingerprint density at radius 3 is 2.43 bits per heavy atom. The van der Waals surface area contributed by atoms with E-state index < -0.39 is 66.7 Å². The number of benzene rings is 1. The molecular formula is C36H44F4N6O7. The lowest BCUT2D eigenvalue weighted by atomic mass is 9.79. The fraction of sp³-hybridized carbons (Fsp3) is 0.667. The highest BCUT2D eigenvalue weighted by atomic mass is 19.4. The highest BCUT2D eigenvalue weighted by Gasteiger charge is 2.52. The summed E-state index contributed by atoms with van der Waals surface area (Å²) in [6.07, 6.45) is -0.611. The lowest BCUT2D eigenvalue weighted by molar-refractivity contribution is -0.238. The van der Waals surface area contributed by atoms with Crippen molar-refractivity contribution < 1.29 is 51.3 Å². The van der Waals surface area contributed by atoms with Gasteiger partial charge in [-0.25, -0.2) is 4.39 Å². The average Bonchev–Trinajstić information content (AvgIpc) is 4.04. The molecule has 2 aromatic rings. The number of alkyl halides is 3. The molecule has 17 heteroatoms. The van der Waals surface area contributed by atoms with Crippen molar-refractivity contribution in [3.63, 3.8) is 0 Å². The van der Waals surface area contributed by atoms with E-state index in [9.17, 15) is 32.7 Å². The Labute approximate surface area is 303 Å². The van der Waals surface area contributed by atoms with Crippen LogP contribution in [0.1, 0.15) is 67.0 Å². The normalized spacial score (nSPS) is 25.5. The van der Waals surface area contributed by atoms with Crippen molar-refractivity contribution in [2.24, 2.45) is 17.8 Å². The molecular weight excluding hydrogens is 704 g/mol. The number of piperidine rings is 1. The Balaban J connectivity index is 1.09. The third kappa shape index (κ3) is 7.36. The largest absolute Gasteiger partial charge is 0.487 e. The molecule has 2 saturated carbocycles. The number of aromatic nitrogens is 2. The molecule has 1 aromatic carbocycles. The topological polar surface area (TPSA) is 147 Å². The maximum absolute atomic E-state index is 16.2. The quantitative estimate of drug-likeness (QED) is 0.295. The van der Waals surface area contributed by atoms with Gasteiger partial charge in [0.05, 0.1) is 50.7 Å². The van der Waals surface area contributed by atoms with Crippen molar-refractivity contribution in [3.8, 4) is 5.75 Å². The minimum absolute atomic E-state index is 0.0874. The van der Waals surface area contributed by atoms with Crippen LogP contribution >= 0.6 is 0 Å². The van der Waals surface area contributed by atoms with E-state index in [1.54, 1.807) is 0 Å². The van der Waals surface area contributed by atoms with E-state index in [1.807, 2.05) is 0 Å². The van der Waals surface area contributed by atoms with E-state index >= 15 is 4.39 Å². The number of nitrogens with one attached hydrogen (secondary N) is 2. The summed E-state index contributed by atoms with van der Waals surface area (Å²) in [5.41, 5.74) is -0.674. The first-order valence-corrected chi connectivity index (χ1v) is 18.5. The van der Waals surface area contributed by atoms with Crippen LogP contribution in [0.2, 0.25) is 0 Å². The van der Waals surface area contributed by atoms with Crippen LogP contribution in [0.3, 0.4) is 0 Å². The Morgan fingerprint density at radius 2 is 1.81 bits per heavy atom. The number of halogens is 4. The number of aliphatic hydroxyl groups excluding tert-OH is 1. The Hall–Kier alpha value is -3.80. The highest BCUT2D eigenvalue weighted by molar-refractivity contribution is 6.01. The van der Waals surface area contributed by atoms with Gasteiger partial charge < -0.3 is 34.9 Å². The van der Waals surface area contributed by atoms with Crippen molar-refractivity contribution in [1.29, 1.82) is 0 Å². The fourth-order valence-corrected chi connectivity index (χ4v) is 8.60. The lowest BCUT2D eigenvalue weighted by Crippen LogP contribution is -2.59. The molecule has 8 rings (SSSR count). The van der Waals surface area contributed by atoms with Crippen LogP contribution in [0.5, 0.6) is 5.75 Å². The van der Waals surface area contributed by atoms with Gasteiger partial charge in [0.25, 0.3) is 5.91 Å². The summed E-state index contributed by atoms with van der Waals surface area (Å²) in [6, 6.07) is 2.34. The monoisotopic (exact) mass is 748 g/mol. The molecule has 5 fully saturated rings. The lowest BCUT2D eigenvalue weighted by Gasteiger charge is -2.51. The van der Waals surface area contributed by atoms with Crippen LogP contribution < -0.4 is 15.4 Å². The number of nitrogens with zero attached hydrogens (tertiary/aromatic N) is 4. The molecule has 2 unspecified atom stereocenters. The number of carbonyl (C=O) groups excluding carboxylic acids is 3. The molecule has 53 heavy (non-hydrogen) atoms. The molecule has 3 saturated heterocycles. The summed E-state index contributed by atoms with van der Waals surface area (Å²) in [5.74, 6) is -2.18. The van der Waals surface area contributed by atoms with Crippen molar-refractivity contribution in [1.82, 2.24) is 24.9 Å². The van der Waals surface area contributed by atoms with E-state index in [0.717, 1.165) is 36.6 Å². The van der Waals surface area contributed by atoms with E-state index in [0.29, 0.717) is 39.1 Å². The summed E-state index contributed by atoms with van der Waals surface area (Å²) >= 11 is 0. The third-order valence-corrected chi connectivity index (χ3v) is 11.8. The van der Waals surface area contributed by atoms with Crippen molar-refractivity contribution in [2.45, 2.75) is 87.5 Å². The maximum Gasteiger partial charge on any atom is 0.416 e. The second-order valence-electron chi connectivity index (χ2n) is 15.3. The minimum Gasteiger partial charge on any atom is -0.487 e. The Morgan fingerprint density at radius 1 is 1.09 bits per heavy atom. The Kier molecular flexibility index (Phi) is 9.64. The smallest absolute Gasteiger partial charge is 0.416 e. The molecule has 3 N–H and O–H groups in total. The molecule has 3 amide bonds. The maximum atomic E-state index is 16.2. The van der Waals surface area contributed by atoms with Crippen LogP contribution in [0.25, 0.3) is 0 Å². The predicted octanol–water partition coefficient (Wildman–Crippen LogP) is 3.03. The summed E-state index contributed by atoms with van der Waals surface area (Å²) < 4.78 is 75.9. The number of ether oxygens (including phenoxy) is 3. The molecule has 0 bridgehead atoms. The number of anilines is 1. The van der Waals surface area contributed by atoms with Gasteiger partial charge in [0, 0.05) is 37.3 Å². The number of carbonyl (C=O) groups is 3. The SMILES string of the molecule is O=C(N[C@H](C(=O)Nc1cc2c(cc1F)C(N1CC(C(F)(F)F)OCC1=O)CC1(CCN(C3COC3)CC1)O2)C(C1CC1)C1CC1)c1ccnn1CCO. The first-order chi connectivity index (χ1) is 25.4. The van der Waals surface area contributed by atoms with E-state index in [1.165, 1.54) is 23.0 Å². The first-order valence-electron chi connectivity index (χ1n) is 18.5. The summed E-state index contributed by atoms with van der Waals surface area (Å²) in [6.45, 7) is 0.888. The molecule has 1 aromatic heterocycles. The number of aliphatic hydroxyl groups is 1. The second kappa shape index (κ2) is 14.1. The van der Waals surface area contributed by atoms with Gasteiger partial charge in [0.15, 0.2) is 6.10 Å². The van der Waals surface area contributed by atoms with E-state index in [4.69, 9.17) is 14.2 Å². The number of morpholine rings is 1. The predicted molar refractivity (Wildman–Crippen MR) is 178 cm³/mol. The average molecular weight is 749 g/mol. The number of hydrogen-bond donors (Lipinski definition) is 3. The molecule has 1 spiro atoms. The van der Waals surface area contributed by atoms with Crippen LogP contribution in [0, 0.1) is 23.6 Å². The minimum atomic E-state index is -4.70. The molecule has 6 aliphatic rings. The van der Waals surface area contributed by atoms with Gasteiger partial charge in [-0.15, -0.1) is 0 Å². The van der Waals surface area contributed by atoms with E-state index in [2.05, 4.69) is 20.6 Å². The highest BCUT2D eigenvalue weighted by Crippen LogP contribution is 2.52. The zero-order valence-corrected chi connectivity index (χ0v) is 29.2. The second-order valence-corrected chi connectivity index (χ2v) is 15.3. The number of rotatable bonds is 11. The molecule has 3 atom stereocenters. The summed E-state index contributed by atoms with van der Waals surface area (Å²) in [7, 11) is 0. The number of fused-ring (bicyclic) bond motifs is 1. The van der Waals surface area contributed by atoms with Crippen molar-refractivity contribution in [2.75, 3.05) is 51.4 Å². The zero-order valence-electron chi connectivity index (χ0n) is 29.2. The van der Waals surface area contributed by atoms with Gasteiger partial charge in [-0.05, 0) is 68.4 Å².